The van der Waals surface area contributed by atoms with Crippen LogP contribution in [-0.2, 0) is 4.79 Å². The Morgan fingerprint density at radius 2 is 2.10 bits per heavy atom. The Labute approximate surface area is 123 Å². The highest BCUT2D eigenvalue weighted by Crippen LogP contribution is 2.18. The molecule has 6 heteroatoms. The minimum Gasteiger partial charge on any atom is -0.368 e. The summed E-state index contributed by atoms with van der Waals surface area (Å²) in [4.78, 5) is 24.4. The highest BCUT2D eigenvalue weighted by molar-refractivity contribution is 5.83. The second-order valence-corrected chi connectivity index (χ2v) is 5.23. The van der Waals surface area contributed by atoms with Crippen LogP contribution >= 0.6 is 0 Å². The van der Waals surface area contributed by atoms with E-state index in [1.165, 1.54) is 0 Å². The Kier molecular flexibility index (Phi) is 4.47. The average Bonchev–Trinajstić information content (AvgIpc) is 2.44. The first kappa shape index (κ1) is 14.9. The van der Waals surface area contributed by atoms with Crippen LogP contribution in [0, 0.1) is 12.8 Å². The summed E-state index contributed by atoms with van der Waals surface area (Å²) in [6.45, 7) is 5.73. The van der Waals surface area contributed by atoms with E-state index in [9.17, 15) is 4.79 Å². The number of hydrogen-bond acceptors (Lipinski definition) is 5. The fraction of sp³-hybridized carbons (Fsp3) is 0.333. The number of amides is 1. The molecule has 0 aromatic carbocycles. The molecule has 1 amide bonds. The summed E-state index contributed by atoms with van der Waals surface area (Å²) < 4.78 is 0. The predicted molar refractivity (Wildman–Crippen MR) is 81.4 cm³/mol. The highest BCUT2D eigenvalue weighted by atomic mass is 16.1. The van der Waals surface area contributed by atoms with Gasteiger partial charge in [0.05, 0.1) is 0 Å². The molecule has 0 bridgehead atoms. The van der Waals surface area contributed by atoms with E-state index < -0.39 is 11.9 Å². The molecule has 110 valence electrons. The molecule has 0 saturated heterocycles. The third-order valence-electron chi connectivity index (χ3n) is 3.05. The Hall–Kier alpha value is -2.50. The molecule has 6 nitrogen and oxygen atoms in total. The van der Waals surface area contributed by atoms with Crippen molar-refractivity contribution < 1.29 is 4.79 Å². The maximum Gasteiger partial charge on any atom is 0.240 e. The van der Waals surface area contributed by atoms with Gasteiger partial charge in [0.15, 0.2) is 5.82 Å². The largest absolute Gasteiger partial charge is 0.368 e. The molecular weight excluding hydrogens is 266 g/mol. The van der Waals surface area contributed by atoms with Crippen molar-refractivity contribution in [2.45, 2.75) is 26.8 Å². The van der Waals surface area contributed by atoms with Crippen LogP contribution in [0.15, 0.2) is 30.6 Å². The molecule has 3 N–H and O–H groups in total. The molecule has 2 heterocycles. The number of aryl methyl sites for hydroxylation is 1. The van der Waals surface area contributed by atoms with Crippen LogP contribution in [0.2, 0.25) is 0 Å². The average molecular weight is 285 g/mol. The van der Waals surface area contributed by atoms with Crippen molar-refractivity contribution >= 4 is 11.7 Å². The van der Waals surface area contributed by atoms with Gasteiger partial charge in [-0.25, -0.2) is 9.97 Å². The van der Waals surface area contributed by atoms with Crippen molar-refractivity contribution in [2.75, 3.05) is 5.32 Å². The Balaban J connectivity index is 2.33. The number of rotatable bonds is 5. The molecule has 0 fully saturated rings. The van der Waals surface area contributed by atoms with Crippen molar-refractivity contribution in [3.63, 3.8) is 0 Å². The molecule has 1 atom stereocenters. The van der Waals surface area contributed by atoms with Crippen molar-refractivity contribution in [3.05, 3.63) is 36.3 Å². The lowest BCUT2D eigenvalue weighted by Gasteiger charge is -2.20. The van der Waals surface area contributed by atoms with Gasteiger partial charge in [-0.3, -0.25) is 9.78 Å². The van der Waals surface area contributed by atoms with Gasteiger partial charge < -0.3 is 11.1 Å². The number of nitrogens with two attached hydrogens (primary N) is 1. The lowest BCUT2D eigenvalue weighted by Crippen LogP contribution is -2.39. The normalized spacial score (nSPS) is 12.2. The van der Waals surface area contributed by atoms with Crippen LogP contribution in [-0.4, -0.2) is 26.9 Å². The number of nitrogens with zero attached hydrogens (tertiary/aromatic N) is 3. The number of anilines is 1. The van der Waals surface area contributed by atoms with E-state index in [2.05, 4.69) is 20.3 Å². The van der Waals surface area contributed by atoms with Gasteiger partial charge in [-0.1, -0.05) is 13.8 Å². The zero-order valence-corrected chi connectivity index (χ0v) is 12.4. The molecule has 2 aromatic rings. The zero-order chi connectivity index (χ0) is 15.4. The van der Waals surface area contributed by atoms with Crippen molar-refractivity contribution in [1.82, 2.24) is 15.0 Å². The lowest BCUT2D eigenvalue weighted by atomic mass is 10.0. The van der Waals surface area contributed by atoms with Crippen molar-refractivity contribution in [1.29, 1.82) is 0 Å². The first-order valence-corrected chi connectivity index (χ1v) is 6.79. The molecule has 2 aromatic heterocycles. The van der Waals surface area contributed by atoms with E-state index in [4.69, 9.17) is 5.73 Å². The van der Waals surface area contributed by atoms with Crippen LogP contribution in [0.3, 0.4) is 0 Å². The van der Waals surface area contributed by atoms with Gasteiger partial charge in [0.25, 0.3) is 0 Å². The quantitative estimate of drug-likeness (QED) is 0.873. The third-order valence-corrected chi connectivity index (χ3v) is 3.05. The summed E-state index contributed by atoms with van der Waals surface area (Å²) in [6, 6.07) is 5.03. The summed E-state index contributed by atoms with van der Waals surface area (Å²) >= 11 is 0. The second-order valence-electron chi connectivity index (χ2n) is 5.23. The van der Waals surface area contributed by atoms with Crippen LogP contribution in [0.4, 0.5) is 5.82 Å². The SMILES string of the molecule is Cc1cc(NC(C(N)=O)C(C)C)nc(-c2cccnc2)n1. The number of pyridine rings is 1. The number of nitrogens with one attached hydrogen (secondary N) is 1. The summed E-state index contributed by atoms with van der Waals surface area (Å²) in [5.41, 5.74) is 7.05. The smallest absolute Gasteiger partial charge is 0.240 e. The van der Waals surface area contributed by atoms with Crippen LogP contribution in [0.5, 0.6) is 0 Å². The second kappa shape index (κ2) is 6.30. The summed E-state index contributed by atoms with van der Waals surface area (Å²) in [5.74, 6) is 0.820. The Bertz CT molecular complexity index is 627. The van der Waals surface area contributed by atoms with E-state index in [1.54, 1.807) is 18.5 Å². The predicted octanol–water partition coefficient (Wildman–Crippen LogP) is 1.77. The molecule has 21 heavy (non-hydrogen) atoms. The molecule has 1 unspecified atom stereocenters. The number of hydrogen-bond donors (Lipinski definition) is 2. The minimum absolute atomic E-state index is 0.0691. The molecule has 0 aliphatic rings. The first-order chi connectivity index (χ1) is 9.97. The van der Waals surface area contributed by atoms with Gasteiger partial charge in [0.2, 0.25) is 5.91 Å². The van der Waals surface area contributed by atoms with Gasteiger partial charge >= 0.3 is 0 Å². The van der Waals surface area contributed by atoms with Crippen molar-refractivity contribution in [2.24, 2.45) is 11.7 Å². The van der Waals surface area contributed by atoms with E-state index in [-0.39, 0.29) is 5.92 Å². The fourth-order valence-corrected chi connectivity index (χ4v) is 1.99. The number of carbonyl (C=O) groups is 1. The van der Waals surface area contributed by atoms with Gasteiger partial charge in [0, 0.05) is 29.7 Å². The lowest BCUT2D eigenvalue weighted by molar-refractivity contribution is -0.119. The third kappa shape index (κ3) is 3.75. The molecule has 0 radical (unpaired) electrons. The Morgan fingerprint density at radius 3 is 2.67 bits per heavy atom. The molecule has 0 saturated carbocycles. The monoisotopic (exact) mass is 285 g/mol. The molecule has 0 spiro atoms. The first-order valence-electron chi connectivity index (χ1n) is 6.79. The molecule has 0 aliphatic carbocycles. The topological polar surface area (TPSA) is 93.8 Å². The van der Waals surface area contributed by atoms with Crippen LogP contribution in [0.25, 0.3) is 11.4 Å². The van der Waals surface area contributed by atoms with E-state index in [1.807, 2.05) is 32.9 Å². The number of aromatic nitrogens is 3. The molecule has 2 rings (SSSR count). The van der Waals surface area contributed by atoms with Crippen LogP contribution < -0.4 is 11.1 Å². The number of primary amides is 1. The van der Waals surface area contributed by atoms with Gasteiger partial charge in [-0.2, -0.15) is 0 Å². The van der Waals surface area contributed by atoms with Crippen molar-refractivity contribution in [3.8, 4) is 11.4 Å². The van der Waals surface area contributed by atoms with E-state index in [0.29, 0.717) is 11.6 Å². The number of carbonyl (C=O) groups excluding carboxylic acids is 1. The Morgan fingerprint density at radius 1 is 1.33 bits per heavy atom. The molecular formula is C15H19N5O. The van der Waals surface area contributed by atoms with Crippen LogP contribution in [0.1, 0.15) is 19.5 Å². The van der Waals surface area contributed by atoms with E-state index in [0.717, 1.165) is 11.3 Å². The van der Waals surface area contributed by atoms with Gasteiger partial charge in [-0.05, 0) is 25.0 Å². The maximum absolute atomic E-state index is 11.5. The summed E-state index contributed by atoms with van der Waals surface area (Å²) in [5, 5.41) is 3.08. The summed E-state index contributed by atoms with van der Waals surface area (Å²) in [7, 11) is 0. The highest BCUT2D eigenvalue weighted by Gasteiger charge is 2.20. The minimum atomic E-state index is -0.471. The van der Waals surface area contributed by atoms with Gasteiger partial charge in [-0.15, -0.1) is 0 Å². The van der Waals surface area contributed by atoms with Gasteiger partial charge in [0.1, 0.15) is 11.9 Å². The maximum atomic E-state index is 11.5. The molecule has 0 aliphatic heterocycles. The van der Waals surface area contributed by atoms with E-state index >= 15 is 0 Å². The summed E-state index contributed by atoms with van der Waals surface area (Å²) in [6.07, 6.45) is 3.40. The fourth-order valence-electron chi connectivity index (χ4n) is 1.99. The zero-order valence-electron chi connectivity index (χ0n) is 12.4. The standard InChI is InChI=1S/C15H19N5O/c1-9(2)13(14(16)21)19-12-7-10(3)18-15(20-12)11-5-4-6-17-8-11/h4-9,13H,1-3H3,(H2,16,21)(H,18,19,20).